The first kappa shape index (κ1) is 17.0. The Bertz CT molecular complexity index is 1090. The number of thiazole rings is 1. The maximum absolute atomic E-state index is 12.5. The van der Waals surface area contributed by atoms with Gasteiger partial charge in [-0.25, -0.2) is 4.98 Å². The number of halogens is 1. The zero-order valence-electron chi connectivity index (χ0n) is 14.0. The maximum atomic E-state index is 12.5. The molecule has 0 aliphatic carbocycles. The van der Waals surface area contributed by atoms with Gasteiger partial charge in [0.25, 0.3) is 5.91 Å². The number of carbonyl (C=O) groups is 1. The molecule has 2 aromatic heterocycles. The molecule has 2 aromatic carbocycles. The minimum atomic E-state index is -0.230. The zero-order chi connectivity index (χ0) is 18.1. The first-order chi connectivity index (χ1) is 12.6. The Morgan fingerprint density at radius 1 is 1.23 bits per heavy atom. The average Bonchev–Trinajstić information content (AvgIpc) is 3.25. The number of benzene rings is 2. The molecule has 130 valence electrons. The van der Waals surface area contributed by atoms with E-state index in [2.05, 4.69) is 26.2 Å². The highest BCUT2D eigenvalue weighted by molar-refractivity contribution is 9.10. The van der Waals surface area contributed by atoms with Crippen LogP contribution in [0.2, 0.25) is 0 Å². The summed E-state index contributed by atoms with van der Waals surface area (Å²) in [5.41, 5.74) is 3.53. The highest BCUT2D eigenvalue weighted by Gasteiger charge is 2.18. The SMILES string of the molecule is Cc1c(C(=O)NCc2nc(-c3ccccc3)cs2)oc2cc(Br)ccc12. The Morgan fingerprint density at radius 3 is 2.85 bits per heavy atom. The van der Waals surface area contributed by atoms with Crippen LogP contribution in [0, 0.1) is 6.92 Å². The van der Waals surface area contributed by atoms with Crippen molar-refractivity contribution in [3.05, 3.63) is 74.7 Å². The van der Waals surface area contributed by atoms with Gasteiger partial charge in [0.2, 0.25) is 0 Å². The molecular formula is C20H15BrN2O2S. The fraction of sp³-hybridized carbons (Fsp3) is 0.100. The summed E-state index contributed by atoms with van der Waals surface area (Å²) < 4.78 is 6.66. The maximum Gasteiger partial charge on any atom is 0.287 e. The van der Waals surface area contributed by atoms with Crippen molar-refractivity contribution in [2.24, 2.45) is 0 Å². The van der Waals surface area contributed by atoms with Crippen molar-refractivity contribution in [3.8, 4) is 11.3 Å². The number of hydrogen-bond donors (Lipinski definition) is 1. The van der Waals surface area contributed by atoms with Gasteiger partial charge in [0.1, 0.15) is 10.6 Å². The fourth-order valence-corrected chi connectivity index (χ4v) is 3.87. The number of furan rings is 1. The number of fused-ring (bicyclic) bond motifs is 1. The topological polar surface area (TPSA) is 55.1 Å². The molecule has 4 aromatic rings. The normalized spacial score (nSPS) is 11.0. The van der Waals surface area contributed by atoms with Gasteiger partial charge >= 0.3 is 0 Å². The van der Waals surface area contributed by atoms with Gasteiger partial charge in [0, 0.05) is 26.4 Å². The Kier molecular flexibility index (Phi) is 4.61. The summed E-state index contributed by atoms with van der Waals surface area (Å²) in [5.74, 6) is 0.115. The van der Waals surface area contributed by atoms with E-state index in [4.69, 9.17) is 4.42 Å². The Hall–Kier alpha value is -2.44. The van der Waals surface area contributed by atoms with Gasteiger partial charge < -0.3 is 9.73 Å². The molecule has 0 aliphatic heterocycles. The fourth-order valence-electron chi connectivity index (χ4n) is 2.79. The van der Waals surface area contributed by atoms with Crippen LogP contribution in [-0.2, 0) is 6.54 Å². The zero-order valence-corrected chi connectivity index (χ0v) is 16.4. The van der Waals surface area contributed by atoms with Crippen LogP contribution in [0.4, 0.5) is 0 Å². The molecule has 0 saturated heterocycles. The number of aromatic nitrogens is 1. The van der Waals surface area contributed by atoms with E-state index in [9.17, 15) is 4.79 Å². The first-order valence-electron chi connectivity index (χ1n) is 8.08. The van der Waals surface area contributed by atoms with Crippen LogP contribution < -0.4 is 5.32 Å². The van der Waals surface area contributed by atoms with Gasteiger partial charge in [-0.15, -0.1) is 11.3 Å². The van der Waals surface area contributed by atoms with Gasteiger partial charge in [-0.3, -0.25) is 4.79 Å². The molecule has 0 saturated carbocycles. The largest absolute Gasteiger partial charge is 0.451 e. The second-order valence-electron chi connectivity index (χ2n) is 5.87. The number of nitrogens with one attached hydrogen (secondary N) is 1. The smallest absolute Gasteiger partial charge is 0.287 e. The van der Waals surface area contributed by atoms with E-state index < -0.39 is 0 Å². The molecule has 0 bridgehead atoms. The first-order valence-corrected chi connectivity index (χ1v) is 9.76. The summed E-state index contributed by atoms with van der Waals surface area (Å²) >= 11 is 4.95. The number of carbonyl (C=O) groups excluding carboxylic acids is 1. The summed E-state index contributed by atoms with van der Waals surface area (Å²) in [6.07, 6.45) is 0. The van der Waals surface area contributed by atoms with E-state index in [1.807, 2.05) is 60.8 Å². The monoisotopic (exact) mass is 426 g/mol. The molecule has 2 heterocycles. The van der Waals surface area contributed by atoms with Crippen molar-refractivity contribution in [1.29, 1.82) is 0 Å². The molecule has 0 radical (unpaired) electrons. The molecule has 0 aliphatic rings. The van der Waals surface area contributed by atoms with Crippen LogP contribution >= 0.6 is 27.3 Å². The van der Waals surface area contributed by atoms with Crippen molar-refractivity contribution in [1.82, 2.24) is 10.3 Å². The lowest BCUT2D eigenvalue weighted by Crippen LogP contribution is -2.22. The van der Waals surface area contributed by atoms with Gasteiger partial charge in [-0.05, 0) is 25.1 Å². The lowest BCUT2D eigenvalue weighted by atomic mass is 10.1. The van der Waals surface area contributed by atoms with Crippen molar-refractivity contribution >= 4 is 44.1 Å². The van der Waals surface area contributed by atoms with E-state index in [1.165, 1.54) is 11.3 Å². The summed E-state index contributed by atoms with van der Waals surface area (Å²) in [4.78, 5) is 17.1. The number of aryl methyl sites for hydroxylation is 1. The van der Waals surface area contributed by atoms with Crippen molar-refractivity contribution in [3.63, 3.8) is 0 Å². The number of amides is 1. The van der Waals surface area contributed by atoms with Crippen LogP contribution in [0.5, 0.6) is 0 Å². The predicted molar refractivity (Wildman–Crippen MR) is 107 cm³/mol. The second-order valence-corrected chi connectivity index (χ2v) is 7.73. The van der Waals surface area contributed by atoms with Gasteiger partial charge in [-0.2, -0.15) is 0 Å². The quantitative estimate of drug-likeness (QED) is 0.464. The van der Waals surface area contributed by atoms with Crippen molar-refractivity contribution < 1.29 is 9.21 Å². The third-order valence-electron chi connectivity index (χ3n) is 4.13. The molecule has 1 amide bonds. The second kappa shape index (κ2) is 7.05. The molecule has 0 spiro atoms. The minimum Gasteiger partial charge on any atom is -0.451 e. The predicted octanol–water partition coefficient (Wildman–Crippen LogP) is 5.56. The van der Waals surface area contributed by atoms with E-state index in [0.29, 0.717) is 17.9 Å². The Balaban J connectivity index is 1.49. The molecule has 26 heavy (non-hydrogen) atoms. The molecule has 0 unspecified atom stereocenters. The highest BCUT2D eigenvalue weighted by atomic mass is 79.9. The van der Waals surface area contributed by atoms with Crippen LogP contribution in [0.25, 0.3) is 22.2 Å². The minimum absolute atomic E-state index is 0.230. The van der Waals surface area contributed by atoms with Gasteiger partial charge in [-0.1, -0.05) is 46.3 Å². The molecule has 1 N–H and O–H groups in total. The lowest BCUT2D eigenvalue weighted by Gasteiger charge is -2.01. The summed E-state index contributed by atoms with van der Waals surface area (Å²) in [6, 6.07) is 15.7. The number of hydrogen-bond acceptors (Lipinski definition) is 4. The Morgan fingerprint density at radius 2 is 2.04 bits per heavy atom. The van der Waals surface area contributed by atoms with E-state index in [0.717, 1.165) is 31.7 Å². The van der Waals surface area contributed by atoms with Crippen LogP contribution in [-0.4, -0.2) is 10.9 Å². The highest BCUT2D eigenvalue weighted by Crippen LogP contribution is 2.28. The van der Waals surface area contributed by atoms with Gasteiger partial charge in [0.15, 0.2) is 5.76 Å². The molecule has 4 rings (SSSR count). The van der Waals surface area contributed by atoms with Crippen molar-refractivity contribution in [2.45, 2.75) is 13.5 Å². The molecule has 0 fully saturated rings. The van der Waals surface area contributed by atoms with Gasteiger partial charge in [0.05, 0.1) is 12.2 Å². The third kappa shape index (κ3) is 3.30. The lowest BCUT2D eigenvalue weighted by molar-refractivity contribution is 0.0924. The van der Waals surface area contributed by atoms with Crippen LogP contribution in [0.3, 0.4) is 0 Å². The molecule has 4 nitrogen and oxygen atoms in total. The summed E-state index contributed by atoms with van der Waals surface area (Å²) in [6.45, 7) is 2.27. The average molecular weight is 427 g/mol. The molecule has 0 atom stereocenters. The van der Waals surface area contributed by atoms with Crippen LogP contribution in [0.15, 0.2) is 62.8 Å². The number of rotatable bonds is 4. The molecule has 6 heteroatoms. The van der Waals surface area contributed by atoms with E-state index >= 15 is 0 Å². The van der Waals surface area contributed by atoms with Crippen LogP contribution in [0.1, 0.15) is 21.1 Å². The number of nitrogens with zero attached hydrogens (tertiary/aromatic N) is 1. The Labute approximate surface area is 163 Å². The summed E-state index contributed by atoms with van der Waals surface area (Å²) in [7, 11) is 0. The summed E-state index contributed by atoms with van der Waals surface area (Å²) in [5, 5.41) is 6.70. The third-order valence-corrected chi connectivity index (χ3v) is 5.47. The molecular weight excluding hydrogens is 412 g/mol. The van der Waals surface area contributed by atoms with Crippen molar-refractivity contribution in [2.75, 3.05) is 0 Å². The van der Waals surface area contributed by atoms with E-state index in [-0.39, 0.29) is 5.91 Å². The van der Waals surface area contributed by atoms with E-state index in [1.54, 1.807) is 0 Å². The standard InChI is InChI=1S/C20H15BrN2O2S/c1-12-15-8-7-14(21)9-17(15)25-19(12)20(24)22-10-18-23-16(11-26-18)13-5-3-2-4-6-13/h2-9,11H,10H2,1H3,(H,22,24).